The standard InChI is InChI=1S/C20H20N4O2/c1-26-15-9-7-14(8-10-15)19-22-18(23-24-19)12-21-20(25)17-11-16(17)13-5-3-2-4-6-13/h2-10,16-17H,11-12H2,1H3,(H,21,25)(H,22,23,24)/t16-,17-/m1/s1. The van der Waals surface area contributed by atoms with Crippen molar-refractivity contribution < 1.29 is 9.53 Å². The molecule has 0 unspecified atom stereocenters. The van der Waals surface area contributed by atoms with Crippen molar-refractivity contribution in [2.24, 2.45) is 5.92 Å². The molecule has 2 aromatic carbocycles. The lowest BCUT2D eigenvalue weighted by molar-refractivity contribution is -0.122. The van der Waals surface area contributed by atoms with Gasteiger partial charge in [-0.05, 0) is 42.2 Å². The maximum atomic E-state index is 12.3. The van der Waals surface area contributed by atoms with E-state index in [0.29, 0.717) is 24.1 Å². The Morgan fingerprint density at radius 2 is 1.96 bits per heavy atom. The molecule has 0 bridgehead atoms. The summed E-state index contributed by atoms with van der Waals surface area (Å²) in [6.07, 6.45) is 0.906. The Bertz CT molecular complexity index is 890. The van der Waals surface area contributed by atoms with Crippen molar-refractivity contribution in [3.05, 3.63) is 66.0 Å². The molecule has 1 aromatic heterocycles. The number of hydrogen-bond donors (Lipinski definition) is 2. The van der Waals surface area contributed by atoms with Gasteiger partial charge in [0.05, 0.1) is 13.7 Å². The molecule has 1 fully saturated rings. The monoisotopic (exact) mass is 348 g/mol. The summed E-state index contributed by atoms with van der Waals surface area (Å²) in [7, 11) is 1.63. The van der Waals surface area contributed by atoms with Crippen LogP contribution in [0.4, 0.5) is 0 Å². The van der Waals surface area contributed by atoms with Gasteiger partial charge in [0.25, 0.3) is 0 Å². The van der Waals surface area contributed by atoms with Crippen molar-refractivity contribution in [1.82, 2.24) is 20.5 Å². The molecule has 1 saturated carbocycles. The summed E-state index contributed by atoms with van der Waals surface area (Å²) in [5.41, 5.74) is 2.13. The van der Waals surface area contributed by atoms with Crippen molar-refractivity contribution in [2.45, 2.75) is 18.9 Å². The summed E-state index contributed by atoms with van der Waals surface area (Å²) in [5, 5.41) is 10.0. The van der Waals surface area contributed by atoms with E-state index in [2.05, 4.69) is 32.6 Å². The van der Waals surface area contributed by atoms with Crippen molar-refractivity contribution >= 4 is 5.91 Å². The van der Waals surface area contributed by atoms with Crippen molar-refractivity contribution in [1.29, 1.82) is 0 Å². The Kier molecular flexibility index (Phi) is 4.39. The van der Waals surface area contributed by atoms with Crippen LogP contribution in [0.1, 0.15) is 23.7 Å². The number of aromatic amines is 1. The number of nitrogens with one attached hydrogen (secondary N) is 2. The van der Waals surface area contributed by atoms with Gasteiger partial charge in [0.15, 0.2) is 5.82 Å². The Hall–Kier alpha value is -3.15. The zero-order valence-electron chi connectivity index (χ0n) is 14.5. The lowest BCUT2D eigenvalue weighted by Crippen LogP contribution is -2.25. The normalized spacial score (nSPS) is 18.3. The fraction of sp³-hybridized carbons (Fsp3) is 0.250. The highest BCUT2D eigenvalue weighted by molar-refractivity contribution is 5.82. The number of benzene rings is 2. The third-order valence-corrected chi connectivity index (χ3v) is 4.66. The number of aromatic nitrogens is 3. The SMILES string of the molecule is COc1ccc(-c2n[nH]c(CNC(=O)[C@@H]3C[C@@H]3c3ccccc3)n2)cc1. The maximum absolute atomic E-state index is 12.3. The predicted molar refractivity (Wildman–Crippen MR) is 97.5 cm³/mol. The van der Waals surface area contributed by atoms with Crippen LogP contribution in [-0.4, -0.2) is 28.2 Å². The average Bonchev–Trinajstić information content (AvgIpc) is 3.37. The fourth-order valence-corrected chi connectivity index (χ4v) is 3.10. The minimum atomic E-state index is 0.0568. The molecule has 2 atom stereocenters. The molecule has 1 amide bonds. The quantitative estimate of drug-likeness (QED) is 0.718. The van der Waals surface area contributed by atoms with Gasteiger partial charge in [-0.2, -0.15) is 5.10 Å². The molecule has 1 aliphatic carbocycles. The minimum absolute atomic E-state index is 0.0568. The van der Waals surface area contributed by atoms with Crippen LogP contribution in [0.25, 0.3) is 11.4 Å². The minimum Gasteiger partial charge on any atom is -0.497 e. The van der Waals surface area contributed by atoms with Crippen molar-refractivity contribution in [3.8, 4) is 17.1 Å². The van der Waals surface area contributed by atoms with E-state index in [9.17, 15) is 4.79 Å². The molecule has 1 heterocycles. The third-order valence-electron chi connectivity index (χ3n) is 4.66. The number of carbonyl (C=O) groups excluding carboxylic acids is 1. The number of methoxy groups -OCH3 is 1. The Balaban J connectivity index is 1.33. The van der Waals surface area contributed by atoms with Gasteiger partial charge >= 0.3 is 0 Å². The Morgan fingerprint density at radius 1 is 1.19 bits per heavy atom. The molecule has 4 rings (SSSR count). The predicted octanol–water partition coefficient (Wildman–Crippen LogP) is 2.90. The van der Waals surface area contributed by atoms with E-state index in [1.807, 2.05) is 42.5 Å². The number of rotatable bonds is 6. The maximum Gasteiger partial charge on any atom is 0.224 e. The molecule has 132 valence electrons. The number of nitrogens with zero attached hydrogens (tertiary/aromatic N) is 2. The Labute approximate surface area is 151 Å². The summed E-state index contributed by atoms with van der Waals surface area (Å²) in [6, 6.07) is 17.7. The summed E-state index contributed by atoms with van der Waals surface area (Å²) in [5.74, 6) is 2.49. The molecular weight excluding hydrogens is 328 g/mol. The van der Waals surface area contributed by atoms with Gasteiger partial charge in [-0.3, -0.25) is 9.89 Å². The van der Waals surface area contributed by atoms with Crippen LogP contribution < -0.4 is 10.1 Å². The summed E-state index contributed by atoms with van der Waals surface area (Å²) in [6.45, 7) is 0.347. The van der Waals surface area contributed by atoms with Gasteiger partial charge in [-0.25, -0.2) is 4.98 Å². The number of H-pyrrole nitrogens is 1. The third kappa shape index (κ3) is 3.44. The number of ether oxygens (including phenoxy) is 1. The van der Waals surface area contributed by atoms with E-state index < -0.39 is 0 Å². The highest BCUT2D eigenvalue weighted by Gasteiger charge is 2.43. The van der Waals surface area contributed by atoms with Crippen LogP contribution in [0.5, 0.6) is 5.75 Å². The van der Waals surface area contributed by atoms with Gasteiger partial charge in [-0.15, -0.1) is 0 Å². The van der Waals surface area contributed by atoms with Crippen LogP contribution in [0.15, 0.2) is 54.6 Å². The molecule has 2 N–H and O–H groups in total. The lowest BCUT2D eigenvalue weighted by atomic mass is 10.1. The first-order valence-electron chi connectivity index (χ1n) is 8.63. The molecule has 3 aromatic rings. The van der Waals surface area contributed by atoms with Crippen LogP contribution in [0.3, 0.4) is 0 Å². The van der Waals surface area contributed by atoms with Gasteiger partial charge < -0.3 is 10.1 Å². The van der Waals surface area contributed by atoms with Crippen LogP contribution in [0, 0.1) is 5.92 Å². The van der Waals surface area contributed by atoms with Gasteiger partial charge in [0.1, 0.15) is 11.6 Å². The second-order valence-electron chi connectivity index (χ2n) is 6.41. The molecule has 0 saturated heterocycles. The topological polar surface area (TPSA) is 79.9 Å². The molecule has 0 aliphatic heterocycles. The number of carbonyl (C=O) groups is 1. The first-order valence-corrected chi connectivity index (χ1v) is 8.63. The fourth-order valence-electron chi connectivity index (χ4n) is 3.10. The molecule has 0 spiro atoms. The van der Waals surface area contributed by atoms with Crippen LogP contribution in [-0.2, 0) is 11.3 Å². The molecular formula is C20H20N4O2. The van der Waals surface area contributed by atoms with Crippen LogP contribution in [0.2, 0.25) is 0 Å². The molecule has 6 nitrogen and oxygen atoms in total. The van der Waals surface area contributed by atoms with Crippen molar-refractivity contribution in [3.63, 3.8) is 0 Å². The van der Waals surface area contributed by atoms with E-state index in [1.165, 1.54) is 5.56 Å². The van der Waals surface area contributed by atoms with E-state index >= 15 is 0 Å². The largest absolute Gasteiger partial charge is 0.497 e. The summed E-state index contributed by atoms with van der Waals surface area (Å²) in [4.78, 5) is 16.8. The smallest absolute Gasteiger partial charge is 0.224 e. The average molecular weight is 348 g/mol. The lowest BCUT2D eigenvalue weighted by Gasteiger charge is -2.03. The summed E-state index contributed by atoms with van der Waals surface area (Å²) < 4.78 is 5.15. The zero-order chi connectivity index (χ0) is 17.9. The molecule has 0 radical (unpaired) electrons. The first kappa shape index (κ1) is 16.3. The molecule has 6 heteroatoms. The second kappa shape index (κ2) is 7.00. The summed E-state index contributed by atoms with van der Waals surface area (Å²) >= 11 is 0. The highest BCUT2D eigenvalue weighted by Crippen LogP contribution is 2.47. The van der Waals surface area contributed by atoms with Gasteiger partial charge in [0, 0.05) is 11.5 Å². The number of hydrogen-bond acceptors (Lipinski definition) is 4. The molecule has 26 heavy (non-hydrogen) atoms. The second-order valence-corrected chi connectivity index (χ2v) is 6.41. The van der Waals surface area contributed by atoms with Crippen molar-refractivity contribution in [2.75, 3.05) is 7.11 Å². The first-order chi connectivity index (χ1) is 12.7. The highest BCUT2D eigenvalue weighted by atomic mass is 16.5. The van der Waals surface area contributed by atoms with Gasteiger partial charge in [-0.1, -0.05) is 30.3 Å². The zero-order valence-corrected chi connectivity index (χ0v) is 14.5. The van der Waals surface area contributed by atoms with E-state index in [4.69, 9.17) is 4.74 Å². The van der Waals surface area contributed by atoms with Gasteiger partial charge in [0.2, 0.25) is 5.91 Å². The Morgan fingerprint density at radius 3 is 2.69 bits per heavy atom. The van der Waals surface area contributed by atoms with E-state index in [0.717, 1.165) is 17.7 Å². The van der Waals surface area contributed by atoms with E-state index in [1.54, 1.807) is 7.11 Å². The number of amides is 1. The molecule has 1 aliphatic rings. The van der Waals surface area contributed by atoms with Crippen LogP contribution >= 0.6 is 0 Å². The van der Waals surface area contributed by atoms with E-state index in [-0.39, 0.29) is 11.8 Å².